The summed E-state index contributed by atoms with van der Waals surface area (Å²) in [5.41, 5.74) is 0. The number of hydrogen-bond donors (Lipinski definition) is 2. The highest BCUT2D eigenvalue weighted by atomic mass is 19.4. The largest absolute Gasteiger partial charge is 0.480 e. The Morgan fingerprint density at radius 3 is 2.28 bits per heavy atom. The lowest BCUT2D eigenvalue weighted by Crippen LogP contribution is -2.51. The van der Waals surface area contributed by atoms with Crippen molar-refractivity contribution in [1.82, 2.24) is 5.32 Å². The first kappa shape index (κ1) is 13.2. The number of fused-ring (bicyclic) bond motifs is 2. The van der Waals surface area contributed by atoms with Crippen molar-refractivity contribution >= 4 is 11.9 Å². The second kappa shape index (κ2) is 4.44. The highest BCUT2D eigenvalue weighted by molar-refractivity contribution is 5.87. The lowest BCUT2D eigenvalue weighted by atomic mass is 9.83. The van der Waals surface area contributed by atoms with Crippen molar-refractivity contribution in [1.29, 1.82) is 0 Å². The maximum atomic E-state index is 12.1. The van der Waals surface area contributed by atoms with Crippen LogP contribution in [0.3, 0.4) is 0 Å². The van der Waals surface area contributed by atoms with Crippen LogP contribution < -0.4 is 5.32 Å². The molecule has 2 bridgehead atoms. The van der Waals surface area contributed by atoms with Gasteiger partial charge in [0, 0.05) is 0 Å². The van der Waals surface area contributed by atoms with Gasteiger partial charge in [0.25, 0.3) is 0 Å². The lowest BCUT2D eigenvalue weighted by molar-refractivity contribution is -0.176. The zero-order valence-corrected chi connectivity index (χ0v) is 9.54. The highest BCUT2D eigenvalue weighted by Crippen LogP contribution is 2.49. The number of carbonyl (C=O) groups excluding carboxylic acids is 1. The first-order valence-electron chi connectivity index (χ1n) is 5.89. The molecule has 1 amide bonds. The number of halogens is 3. The van der Waals surface area contributed by atoms with E-state index in [4.69, 9.17) is 5.11 Å². The molecule has 2 aliphatic rings. The number of carbonyl (C=O) groups is 2. The Balaban J connectivity index is 2.05. The molecule has 0 radical (unpaired) electrons. The maximum absolute atomic E-state index is 12.1. The number of nitrogens with one attached hydrogen (secondary N) is 1. The Bertz CT molecular complexity index is 369. The van der Waals surface area contributed by atoms with E-state index in [9.17, 15) is 22.8 Å². The van der Waals surface area contributed by atoms with Crippen LogP contribution in [0.2, 0.25) is 0 Å². The molecule has 2 N–H and O–H groups in total. The SMILES string of the molecule is O=C(O)C(NC(=O)C(F)(F)F)C1CC2CCC1C2. The van der Waals surface area contributed by atoms with Gasteiger partial charge in [-0.2, -0.15) is 13.2 Å². The van der Waals surface area contributed by atoms with E-state index < -0.39 is 24.1 Å². The van der Waals surface area contributed by atoms with Gasteiger partial charge in [-0.3, -0.25) is 4.79 Å². The van der Waals surface area contributed by atoms with Crippen molar-refractivity contribution < 1.29 is 27.9 Å². The average Bonchev–Trinajstić information content (AvgIpc) is 2.84. The smallest absolute Gasteiger partial charge is 0.471 e. The number of amides is 1. The van der Waals surface area contributed by atoms with Gasteiger partial charge in [0.1, 0.15) is 6.04 Å². The van der Waals surface area contributed by atoms with Gasteiger partial charge in [0.15, 0.2) is 0 Å². The van der Waals surface area contributed by atoms with Crippen molar-refractivity contribution in [3.63, 3.8) is 0 Å². The van der Waals surface area contributed by atoms with E-state index in [2.05, 4.69) is 0 Å². The van der Waals surface area contributed by atoms with Crippen LogP contribution in [0.5, 0.6) is 0 Å². The zero-order chi connectivity index (χ0) is 13.5. The van der Waals surface area contributed by atoms with E-state index in [-0.39, 0.29) is 11.8 Å². The molecule has 0 heterocycles. The molecule has 0 aromatic carbocycles. The number of alkyl halides is 3. The van der Waals surface area contributed by atoms with Gasteiger partial charge in [0.05, 0.1) is 0 Å². The van der Waals surface area contributed by atoms with E-state index in [0.29, 0.717) is 12.3 Å². The molecule has 0 aliphatic heterocycles. The van der Waals surface area contributed by atoms with Gasteiger partial charge >= 0.3 is 18.1 Å². The molecule has 0 saturated heterocycles. The van der Waals surface area contributed by atoms with Crippen molar-refractivity contribution in [2.45, 2.75) is 37.9 Å². The van der Waals surface area contributed by atoms with Crippen LogP contribution in [0.1, 0.15) is 25.7 Å². The third kappa shape index (κ3) is 2.44. The fourth-order valence-corrected chi connectivity index (χ4v) is 3.28. The average molecular weight is 265 g/mol. The van der Waals surface area contributed by atoms with Crippen molar-refractivity contribution in [3.8, 4) is 0 Å². The first-order chi connectivity index (χ1) is 8.29. The van der Waals surface area contributed by atoms with E-state index in [1.54, 1.807) is 5.32 Å². The summed E-state index contributed by atoms with van der Waals surface area (Å²) >= 11 is 0. The first-order valence-corrected chi connectivity index (χ1v) is 5.89. The fraction of sp³-hybridized carbons (Fsp3) is 0.818. The number of rotatable bonds is 3. The van der Waals surface area contributed by atoms with Gasteiger partial charge in [-0.25, -0.2) is 4.79 Å². The molecule has 4 unspecified atom stereocenters. The van der Waals surface area contributed by atoms with Crippen molar-refractivity contribution in [3.05, 3.63) is 0 Å². The molecule has 0 spiro atoms. The maximum Gasteiger partial charge on any atom is 0.471 e. The zero-order valence-electron chi connectivity index (χ0n) is 9.54. The van der Waals surface area contributed by atoms with Crippen LogP contribution in [0.4, 0.5) is 13.2 Å². The van der Waals surface area contributed by atoms with Crippen molar-refractivity contribution in [2.75, 3.05) is 0 Å². The van der Waals surface area contributed by atoms with Gasteiger partial charge in [-0.15, -0.1) is 0 Å². The molecule has 2 rings (SSSR count). The molecular weight excluding hydrogens is 251 g/mol. The predicted octanol–water partition coefficient (Wildman–Crippen LogP) is 1.55. The summed E-state index contributed by atoms with van der Waals surface area (Å²) in [5.74, 6) is -3.38. The third-order valence-electron chi connectivity index (χ3n) is 4.03. The van der Waals surface area contributed by atoms with Gasteiger partial charge < -0.3 is 10.4 Å². The molecule has 102 valence electrons. The normalized spacial score (nSPS) is 32.3. The van der Waals surface area contributed by atoms with E-state index in [1.165, 1.54) is 0 Å². The number of carboxylic acids is 1. The molecule has 7 heteroatoms. The Morgan fingerprint density at radius 1 is 1.22 bits per heavy atom. The Hall–Kier alpha value is -1.27. The molecule has 2 saturated carbocycles. The summed E-state index contributed by atoms with van der Waals surface area (Å²) in [7, 11) is 0. The van der Waals surface area contributed by atoms with E-state index in [1.807, 2.05) is 0 Å². The van der Waals surface area contributed by atoms with Gasteiger partial charge in [0.2, 0.25) is 0 Å². The molecule has 2 fully saturated rings. The minimum absolute atomic E-state index is 0.129. The summed E-state index contributed by atoms with van der Waals surface area (Å²) in [4.78, 5) is 21.9. The molecule has 4 nitrogen and oxygen atoms in total. The Morgan fingerprint density at radius 2 is 1.89 bits per heavy atom. The van der Waals surface area contributed by atoms with Crippen LogP contribution in [-0.4, -0.2) is 29.2 Å². The van der Waals surface area contributed by atoms with Gasteiger partial charge in [-0.1, -0.05) is 6.42 Å². The topological polar surface area (TPSA) is 66.4 Å². The van der Waals surface area contributed by atoms with Crippen LogP contribution >= 0.6 is 0 Å². The summed E-state index contributed by atoms with van der Waals surface area (Å²) in [6.45, 7) is 0. The molecule has 0 aromatic heterocycles. The molecule has 4 atom stereocenters. The minimum atomic E-state index is -5.04. The predicted molar refractivity (Wildman–Crippen MR) is 54.6 cm³/mol. The fourth-order valence-electron chi connectivity index (χ4n) is 3.28. The second-order valence-corrected chi connectivity index (χ2v) is 5.13. The Kier molecular flexibility index (Phi) is 3.25. The number of hydrogen-bond acceptors (Lipinski definition) is 2. The molecule has 2 aliphatic carbocycles. The highest BCUT2D eigenvalue weighted by Gasteiger charge is 2.48. The van der Waals surface area contributed by atoms with E-state index in [0.717, 1.165) is 19.3 Å². The van der Waals surface area contributed by atoms with Crippen LogP contribution in [-0.2, 0) is 9.59 Å². The summed E-state index contributed by atoms with van der Waals surface area (Å²) < 4.78 is 36.4. The molecular formula is C11H14F3NO3. The second-order valence-electron chi connectivity index (χ2n) is 5.13. The minimum Gasteiger partial charge on any atom is -0.480 e. The molecule has 18 heavy (non-hydrogen) atoms. The lowest BCUT2D eigenvalue weighted by Gasteiger charge is -2.28. The quantitative estimate of drug-likeness (QED) is 0.813. The number of aliphatic carboxylic acids is 1. The third-order valence-corrected chi connectivity index (χ3v) is 4.03. The Labute approximate surface area is 102 Å². The summed E-state index contributed by atoms with van der Waals surface area (Å²) in [6.07, 6.45) is -1.71. The van der Waals surface area contributed by atoms with Crippen molar-refractivity contribution in [2.24, 2.45) is 17.8 Å². The summed E-state index contributed by atoms with van der Waals surface area (Å²) in [5, 5.41) is 10.6. The van der Waals surface area contributed by atoms with E-state index >= 15 is 0 Å². The standard InChI is InChI=1S/C11H14F3NO3/c12-11(13,14)10(18)15-8(9(16)17)7-4-5-1-2-6(7)3-5/h5-8H,1-4H2,(H,15,18)(H,16,17). The molecule has 0 aromatic rings. The van der Waals surface area contributed by atoms with Crippen LogP contribution in [0.25, 0.3) is 0 Å². The monoisotopic (exact) mass is 265 g/mol. The number of carboxylic acid groups (broad SMARTS) is 1. The van der Waals surface area contributed by atoms with Crippen LogP contribution in [0.15, 0.2) is 0 Å². The summed E-state index contributed by atoms with van der Waals surface area (Å²) in [6, 6.07) is -1.42. The van der Waals surface area contributed by atoms with Crippen LogP contribution in [0, 0.1) is 17.8 Å². The van der Waals surface area contributed by atoms with Gasteiger partial charge in [-0.05, 0) is 37.0 Å².